The van der Waals surface area contributed by atoms with Crippen LogP contribution in [0.4, 0.5) is 4.39 Å². The van der Waals surface area contributed by atoms with Crippen molar-refractivity contribution < 1.29 is 9.18 Å². The molecule has 1 fully saturated rings. The van der Waals surface area contributed by atoms with Gasteiger partial charge in [0.25, 0.3) is 5.91 Å². The Hall–Kier alpha value is -2.21. The number of halogens is 1. The number of hydrogen-bond acceptors (Lipinski definition) is 3. The number of likely N-dealkylation sites (tertiary alicyclic amines) is 1. The Labute approximate surface area is 165 Å². The van der Waals surface area contributed by atoms with E-state index in [1.165, 1.54) is 12.1 Å². The molecule has 2 aromatic rings. The van der Waals surface area contributed by atoms with Gasteiger partial charge in [-0.3, -0.25) is 4.79 Å². The lowest BCUT2D eigenvalue weighted by Crippen LogP contribution is -2.46. The average Bonchev–Trinajstić information content (AvgIpc) is 3.09. The summed E-state index contributed by atoms with van der Waals surface area (Å²) in [5.41, 5.74) is 3.51. The molecule has 0 radical (unpaired) electrons. The molecule has 1 aliphatic carbocycles. The van der Waals surface area contributed by atoms with E-state index < -0.39 is 0 Å². The van der Waals surface area contributed by atoms with E-state index in [4.69, 9.17) is 0 Å². The first-order valence-electron chi connectivity index (χ1n) is 10.4. The summed E-state index contributed by atoms with van der Waals surface area (Å²) in [6.45, 7) is 6.47. The molecule has 0 spiro atoms. The number of hydrogen-bond donors (Lipinski definition) is 1. The fourth-order valence-corrected chi connectivity index (χ4v) is 4.39. The lowest BCUT2D eigenvalue weighted by molar-refractivity contribution is 0.0894. The van der Waals surface area contributed by atoms with Gasteiger partial charge in [-0.25, -0.2) is 9.07 Å². The van der Waals surface area contributed by atoms with Crippen LogP contribution in [0.15, 0.2) is 24.3 Å². The Morgan fingerprint density at radius 1 is 1.14 bits per heavy atom. The molecule has 1 N–H and O–H groups in total. The lowest BCUT2D eigenvalue weighted by Gasteiger charge is -2.34. The van der Waals surface area contributed by atoms with Crippen LogP contribution in [0.3, 0.4) is 0 Å². The maximum absolute atomic E-state index is 13.3. The minimum atomic E-state index is -0.268. The smallest absolute Gasteiger partial charge is 0.272 e. The highest BCUT2D eigenvalue weighted by Crippen LogP contribution is 2.27. The van der Waals surface area contributed by atoms with Crippen LogP contribution in [0.2, 0.25) is 0 Å². The van der Waals surface area contributed by atoms with Gasteiger partial charge in [-0.2, -0.15) is 5.10 Å². The number of nitrogens with one attached hydrogen (secondary N) is 1. The normalized spacial score (nSPS) is 18.3. The Balaban J connectivity index is 1.54. The van der Waals surface area contributed by atoms with E-state index in [2.05, 4.69) is 29.2 Å². The van der Waals surface area contributed by atoms with Gasteiger partial charge >= 0.3 is 0 Å². The number of amides is 1. The Bertz CT molecular complexity index is 835. The number of carbonyl (C=O) groups is 1. The second kappa shape index (κ2) is 8.03. The molecule has 1 amide bonds. The van der Waals surface area contributed by atoms with Gasteiger partial charge in [-0.15, -0.1) is 0 Å². The average molecular weight is 384 g/mol. The molecule has 5 nitrogen and oxygen atoms in total. The zero-order valence-electron chi connectivity index (χ0n) is 16.7. The monoisotopic (exact) mass is 384 g/mol. The minimum Gasteiger partial charge on any atom is -0.348 e. The topological polar surface area (TPSA) is 50.2 Å². The summed E-state index contributed by atoms with van der Waals surface area (Å²) in [5.74, 6) is -0.336. The number of aromatic nitrogens is 2. The minimum absolute atomic E-state index is 0.0676. The molecule has 0 bridgehead atoms. The van der Waals surface area contributed by atoms with Crippen molar-refractivity contribution in [3.8, 4) is 5.69 Å². The van der Waals surface area contributed by atoms with E-state index in [9.17, 15) is 9.18 Å². The Morgan fingerprint density at radius 2 is 1.82 bits per heavy atom. The molecular formula is C22H29FN4O. The largest absolute Gasteiger partial charge is 0.348 e. The number of rotatable bonds is 4. The molecule has 6 heteroatoms. The third-order valence-corrected chi connectivity index (χ3v) is 6.06. The molecule has 0 unspecified atom stereocenters. The van der Waals surface area contributed by atoms with Crippen molar-refractivity contribution in [3.63, 3.8) is 0 Å². The summed E-state index contributed by atoms with van der Waals surface area (Å²) in [5, 5.41) is 7.89. The van der Waals surface area contributed by atoms with E-state index in [0.717, 1.165) is 68.6 Å². The number of fused-ring (bicyclic) bond motifs is 1. The summed E-state index contributed by atoms with van der Waals surface area (Å²) in [4.78, 5) is 15.5. The summed E-state index contributed by atoms with van der Waals surface area (Å²) >= 11 is 0. The van der Waals surface area contributed by atoms with Crippen molar-refractivity contribution in [2.75, 3.05) is 13.1 Å². The van der Waals surface area contributed by atoms with Crippen LogP contribution in [-0.2, 0) is 12.8 Å². The van der Waals surface area contributed by atoms with Gasteiger partial charge < -0.3 is 10.2 Å². The highest BCUT2D eigenvalue weighted by Gasteiger charge is 2.28. The molecule has 28 heavy (non-hydrogen) atoms. The van der Waals surface area contributed by atoms with Gasteiger partial charge in [0.1, 0.15) is 5.82 Å². The van der Waals surface area contributed by atoms with Crippen LogP contribution in [0.25, 0.3) is 5.69 Å². The van der Waals surface area contributed by atoms with E-state index in [0.29, 0.717) is 11.7 Å². The van der Waals surface area contributed by atoms with Crippen LogP contribution in [-0.4, -0.2) is 45.8 Å². The van der Waals surface area contributed by atoms with E-state index in [-0.39, 0.29) is 17.8 Å². The van der Waals surface area contributed by atoms with E-state index in [1.54, 1.807) is 12.1 Å². The zero-order chi connectivity index (χ0) is 19.7. The molecule has 1 aromatic carbocycles. The van der Waals surface area contributed by atoms with E-state index in [1.807, 2.05) is 4.68 Å². The Kier molecular flexibility index (Phi) is 5.49. The number of piperidine rings is 1. The summed E-state index contributed by atoms with van der Waals surface area (Å²) in [6.07, 6.45) is 5.91. The van der Waals surface area contributed by atoms with Gasteiger partial charge in [-0.05, 0) is 76.6 Å². The first-order chi connectivity index (χ1) is 13.5. The Morgan fingerprint density at radius 3 is 2.50 bits per heavy atom. The van der Waals surface area contributed by atoms with Crippen molar-refractivity contribution in [1.29, 1.82) is 0 Å². The molecule has 0 atom stereocenters. The zero-order valence-corrected chi connectivity index (χ0v) is 16.7. The maximum atomic E-state index is 13.3. The fourth-order valence-electron chi connectivity index (χ4n) is 4.39. The van der Waals surface area contributed by atoms with Gasteiger partial charge in [0.15, 0.2) is 5.69 Å². The van der Waals surface area contributed by atoms with Gasteiger partial charge in [0.2, 0.25) is 0 Å². The van der Waals surface area contributed by atoms with Crippen LogP contribution in [0.5, 0.6) is 0 Å². The lowest BCUT2D eigenvalue weighted by atomic mass is 9.95. The van der Waals surface area contributed by atoms with Gasteiger partial charge in [0, 0.05) is 36.4 Å². The quantitative estimate of drug-likeness (QED) is 0.878. The predicted octanol–water partition coefficient (Wildman–Crippen LogP) is 3.49. The molecule has 150 valence electrons. The van der Waals surface area contributed by atoms with Crippen LogP contribution >= 0.6 is 0 Å². The van der Waals surface area contributed by atoms with Crippen molar-refractivity contribution in [2.45, 2.75) is 64.5 Å². The molecule has 4 rings (SSSR count). The van der Waals surface area contributed by atoms with Crippen LogP contribution in [0.1, 0.15) is 61.3 Å². The van der Waals surface area contributed by atoms with Crippen molar-refractivity contribution >= 4 is 5.91 Å². The highest BCUT2D eigenvalue weighted by molar-refractivity contribution is 5.94. The highest BCUT2D eigenvalue weighted by atomic mass is 19.1. The van der Waals surface area contributed by atoms with Crippen LogP contribution < -0.4 is 5.32 Å². The molecule has 2 heterocycles. The third kappa shape index (κ3) is 3.83. The van der Waals surface area contributed by atoms with Gasteiger partial charge in [0.05, 0.1) is 5.69 Å². The second-order valence-electron chi connectivity index (χ2n) is 8.25. The molecule has 0 saturated carbocycles. The third-order valence-electron chi connectivity index (χ3n) is 6.06. The van der Waals surface area contributed by atoms with Crippen LogP contribution in [0, 0.1) is 5.82 Å². The standard InChI is InChI=1S/C22H29FN4O/c1-15(2)26-13-11-17(12-14-26)24-22(28)21-19-5-3-4-6-20(19)27(25-21)18-9-7-16(23)8-10-18/h7-10,15,17H,3-6,11-14H2,1-2H3,(H,24,28). The van der Waals surface area contributed by atoms with Crippen molar-refractivity contribution in [3.05, 3.63) is 47.0 Å². The number of carbonyl (C=O) groups excluding carboxylic acids is 1. The summed E-state index contributed by atoms with van der Waals surface area (Å²) in [7, 11) is 0. The second-order valence-corrected chi connectivity index (χ2v) is 8.25. The maximum Gasteiger partial charge on any atom is 0.272 e. The summed E-state index contributed by atoms with van der Waals surface area (Å²) < 4.78 is 15.2. The van der Waals surface area contributed by atoms with Gasteiger partial charge in [-0.1, -0.05) is 0 Å². The first kappa shape index (κ1) is 19.1. The fraction of sp³-hybridized carbons (Fsp3) is 0.545. The predicted molar refractivity (Wildman–Crippen MR) is 107 cm³/mol. The van der Waals surface area contributed by atoms with Crippen molar-refractivity contribution in [1.82, 2.24) is 20.0 Å². The van der Waals surface area contributed by atoms with E-state index >= 15 is 0 Å². The molecule has 2 aliphatic rings. The molecule has 1 aliphatic heterocycles. The SMILES string of the molecule is CC(C)N1CCC(NC(=O)c2nn(-c3ccc(F)cc3)c3c2CCCC3)CC1. The number of benzene rings is 1. The van der Waals surface area contributed by atoms with Crippen molar-refractivity contribution in [2.24, 2.45) is 0 Å². The molecular weight excluding hydrogens is 355 g/mol. The number of nitrogens with zero attached hydrogens (tertiary/aromatic N) is 3. The first-order valence-corrected chi connectivity index (χ1v) is 10.4. The molecule has 1 aromatic heterocycles. The summed E-state index contributed by atoms with van der Waals surface area (Å²) in [6, 6.07) is 7.08. The molecule has 1 saturated heterocycles.